The Balaban J connectivity index is 1.17. The van der Waals surface area contributed by atoms with Crippen molar-refractivity contribution in [2.75, 3.05) is 45.9 Å². The molecule has 3 aromatic heterocycles. The largest absolute Gasteiger partial charge is 0.379 e. The van der Waals surface area contributed by atoms with Gasteiger partial charge in [0.05, 0.1) is 48.1 Å². The van der Waals surface area contributed by atoms with E-state index in [0.717, 1.165) is 121 Å². The van der Waals surface area contributed by atoms with Crippen LogP contribution in [0.15, 0.2) is 49.3 Å². The Morgan fingerprint density at radius 3 is 2.71 bits per heavy atom. The van der Waals surface area contributed by atoms with Gasteiger partial charge in [-0.2, -0.15) is 15.3 Å². The number of benzene rings is 2. The summed E-state index contributed by atoms with van der Waals surface area (Å²) in [5, 5.41) is 20.5. The summed E-state index contributed by atoms with van der Waals surface area (Å²) in [4.78, 5) is 16.4. The zero-order valence-electron chi connectivity index (χ0n) is 25.7. The third kappa shape index (κ3) is 4.78. The van der Waals surface area contributed by atoms with Gasteiger partial charge in [0.1, 0.15) is 5.69 Å². The van der Waals surface area contributed by atoms with Gasteiger partial charge in [0, 0.05) is 77.5 Å². The number of hydrogen-bond acceptors (Lipinski definition) is 6. The molecule has 0 atom stereocenters. The lowest BCUT2D eigenvalue weighted by Gasteiger charge is -2.58. The summed E-state index contributed by atoms with van der Waals surface area (Å²) in [7, 11) is 0. The number of nitrogens with zero attached hydrogens (tertiary/aromatic N) is 7. The van der Waals surface area contributed by atoms with Crippen LogP contribution in [0.2, 0.25) is 5.02 Å². The molecule has 2 aromatic carbocycles. The Morgan fingerprint density at radius 2 is 1.93 bits per heavy atom. The van der Waals surface area contributed by atoms with E-state index in [2.05, 4.69) is 57.7 Å². The van der Waals surface area contributed by atoms with Gasteiger partial charge in [0.15, 0.2) is 0 Å². The van der Waals surface area contributed by atoms with Crippen LogP contribution in [0, 0.1) is 19.3 Å². The first-order chi connectivity index (χ1) is 21.8. The number of H-pyrrole nitrogens is 1. The number of rotatable bonds is 7. The van der Waals surface area contributed by atoms with Crippen molar-refractivity contribution in [1.29, 1.82) is 0 Å². The molecule has 45 heavy (non-hydrogen) atoms. The topological polar surface area (TPSA) is 97.1 Å². The molecule has 5 aromatic rings. The molecule has 0 unspecified atom stereocenters. The first kappa shape index (κ1) is 28.5. The smallest absolute Gasteiger partial charge is 0.245 e. The normalized spacial score (nSPS) is 18.5. The van der Waals surface area contributed by atoms with E-state index in [1.807, 2.05) is 28.8 Å². The Hall–Kier alpha value is -3.99. The highest BCUT2D eigenvalue weighted by Crippen LogP contribution is 2.55. The molecule has 10 nitrogen and oxygen atoms in total. The summed E-state index contributed by atoms with van der Waals surface area (Å²) in [6.07, 6.45) is 7.39. The molecule has 2 aliphatic heterocycles. The molecule has 3 aliphatic rings. The number of aryl methyl sites for hydroxylation is 1. The Morgan fingerprint density at radius 1 is 1.13 bits per heavy atom. The van der Waals surface area contributed by atoms with Gasteiger partial charge in [0.25, 0.3) is 0 Å². The molecule has 1 spiro atoms. The zero-order chi connectivity index (χ0) is 30.9. The van der Waals surface area contributed by atoms with E-state index >= 15 is 0 Å². The number of fused-ring (bicyclic) bond motifs is 2. The number of carbonyl (C=O) groups is 1. The number of likely N-dealkylation sites (tertiary alicyclic amines) is 1. The third-order valence-corrected chi connectivity index (χ3v) is 10.5. The van der Waals surface area contributed by atoms with Crippen molar-refractivity contribution in [3.63, 3.8) is 0 Å². The van der Waals surface area contributed by atoms with Crippen LogP contribution in [0.3, 0.4) is 0 Å². The van der Waals surface area contributed by atoms with E-state index in [1.165, 1.54) is 6.08 Å². The SMILES string of the molecule is C=CC(=O)N1CC2(CC(n3nc(-c4ccc5nn(CCN6CCOCC6)cc5c4)c(-c4c(Cl)c(C)cc5[nH]ncc45)c3C)C2)C1. The summed E-state index contributed by atoms with van der Waals surface area (Å²) in [5.74, 6) is 0.0157. The van der Waals surface area contributed by atoms with Gasteiger partial charge in [-0.25, -0.2) is 0 Å². The van der Waals surface area contributed by atoms with Crippen molar-refractivity contribution in [3.8, 4) is 22.4 Å². The Bertz CT molecular complexity index is 1950. The van der Waals surface area contributed by atoms with Crippen LogP contribution < -0.4 is 0 Å². The van der Waals surface area contributed by atoms with Gasteiger partial charge in [-0.15, -0.1) is 0 Å². The number of aromatic amines is 1. The number of ether oxygens (including phenoxy) is 1. The first-order valence-corrected chi connectivity index (χ1v) is 16.1. The van der Waals surface area contributed by atoms with Crippen LogP contribution in [-0.4, -0.2) is 91.4 Å². The fourth-order valence-corrected chi connectivity index (χ4v) is 7.90. The summed E-state index contributed by atoms with van der Waals surface area (Å²) in [6, 6.07) is 8.73. The second-order valence-electron chi connectivity index (χ2n) is 13.0. The molecule has 0 radical (unpaired) electrons. The molecule has 1 N–H and O–H groups in total. The van der Waals surface area contributed by atoms with Gasteiger partial charge in [-0.05, 0) is 56.5 Å². The summed E-state index contributed by atoms with van der Waals surface area (Å²) < 4.78 is 9.75. The number of amides is 1. The number of hydrogen-bond donors (Lipinski definition) is 1. The molecule has 232 valence electrons. The molecule has 11 heteroatoms. The van der Waals surface area contributed by atoms with Crippen molar-refractivity contribution in [2.45, 2.75) is 39.3 Å². The van der Waals surface area contributed by atoms with E-state index in [-0.39, 0.29) is 17.4 Å². The van der Waals surface area contributed by atoms with Gasteiger partial charge < -0.3 is 9.64 Å². The average molecular weight is 625 g/mol. The number of halogens is 1. The highest BCUT2D eigenvalue weighted by Gasteiger charge is 2.54. The molecule has 1 aliphatic carbocycles. The quantitative estimate of drug-likeness (QED) is 0.244. The van der Waals surface area contributed by atoms with Crippen LogP contribution in [0.4, 0.5) is 0 Å². The molecule has 1 amide bonds. The van der Waals surface area contributed by atoms with Gasteiger partial charge in [0.2, 0.25) is 5.91 Å². The minimum atomic E-state index is 0.0157. The van der Waals surface area contributed by atoms with E-state index in [1.54, 1.807) is 0 Å². The maximum Gasteiger partial charge on any atom is 0.245 e. The van der Waals surface area contributed by atoms with Crippen molar-refractivity contribution in [2.24, 2.45) is 5.41 Å². The van der Waals surface area contributed by atoms with Gasteiger partial charge in [-0.3, -0.25) is 24.2 Å². The predicted molar refractivity (Wildman–Crippen MR) is 175 cm³/mol. The van der Waals surface area contributed by atoms with Gasteiger partial charge in [-0.1, -0.05) is 24.2 Å². The lowest BCUT2D eigenvalue weighted by Crippen LogP contribution is -2.63. The van der Waals surface area contributed by atoms with Crippen LogP contribution >= 0.6 is 11.6 Å². The average Bonchev–Trinajstić information content (AvgIpc) is 3.73. The summed E-state index contributed by atoms with van der Waals surface area (Å²) in [5.41, 5.74) is 8.09. The van der Waals surface area contributed by atoms with E-state index in [9.17, 15) is 4.79 Å². The number of morpholine rings is 1. The van der Waals surface area contributed by atoms with Crippen LogP contribution in [0.25, 0.3) is 44.2 Å². The van der Waals surface area contributed by atoms with E-state index in [0.29, 0.717) is 5.02 Å². The van der Waals surface area contributed by atoms with Crippen molar-refractivity contribution in [3.05, 3.63) is 65.6 Å². The lowest BCUT2D eigenvalue weighted by molar-refractivity contribution is -0.149. The maximum absolute atomic E-state index is 12.1. The minimum absolute atomic E-state index is 0.0157. The first-order valence-electron chi connectivity index (χ1n) is 15.7. The third-order valence-electron chi connectivity index (χ3n) is 10.1. The summed E-state index contributed by atoms with van der Waals surface area (Å²) >= 11 is 7.12. The molecule has 3 fully saturated rings. The van der Waals surface area contributed by atoms with Crippen LogP contribution in [0.1, 0.15) is 30.1 Å². The predicted octanol–water partition coefficient (Wildman–Crippen LogP) is 5.40. The Labute approximate surface area is 266 Å². The summed E-state index contributed by atoms with van der Waals surface area (Å²) in [6.45, 7) is 14.7. The molecule has 5 heterocycles. The molecule has 2 saturated heterocycles. The second kappa shape index (κ2) is 10.8. The second-order valence-corrected chi connectivity index (χ2v) is 13.4. The van der Waals surface area contributed by atoms with Crippen LogP contribution in [0.5, 0.6) is 0 Å². The molecule has 0 bridgehead atoms. The minimum Gasteiger partial charge on any atom is -0.379 e. The molecule has 8 rings (SSSR count). The van der Waals surface area contributed by atoms with Crippen molar-refractivity contribution >= 4 is 39.3 Å². The monoisotopic (exact) mass is 624 g/mol. The van der Waals surface area contributed by atoms with Crippen LogP contribution in [-0.2, 0) is 16.1 Å². The molecule has 1 saturated carbocycles. The number of nitrogens with one attached hydrogen (secondary N) is 1. The lowest BCUT2D eigenvalue weighted by atomic mass is 9.60. The number of aromatic nitrogens is 6. The fraction of sp³-hybridized carbons (Fsp3) is 0.412. The highest BCUT2D eigenvalue weighted by atomic mass is 35.5. The number of carbonyl (C=O) groups excluding carboxylic acids is 1. The molecular weight excluding hydrogens is 588 g/mol. The zero-order valence-corrected chi connectivity index (χ0v) is 26.5. The van der Waals surface area contributed by atoms with E-state index < -0.39 is 0 Å². The standard InChI is InChI=1S/C34H37ClN8O2/c1-4-29(44)41-19-34(20-41)15-25(16-34)43-22(3)30(31-26-17-36-37-28(26)13-21(2)32(31)35)33(39-43)23-5-6-27-24(14-23)18-42(38-27)8-7-40-9-11-45-12-10-40/h4-6,13-14,17-18,25H,1,7-12,15-16,19-20H2,2-3H3,(H,36,37). The van der Waals surface area contributed by atoms with Gasteiger partial charge >= 0.3 is 0 Å². The van der Waals surface area contributed by atoms with E-state index in [4.69, 9.17) is 26.5 Å². The van der Waals surface area contributed by atoms with Crippen molar-refractivity contribution < 1.29 is 9.53 Å². The molecular formula is C34H37ClN8O2. The van der Waals surface area contributed by atoms with Crippen molar-refractivity contribution in [1.82, 2.24) is 39.6 Å². The highest BCUT2D eigenvalue weighted by molar-refractivity contribution is 6.36. The maximum atomic E-state index is 12.1. The fourth-order valence-electron chi connectivity index (χ4n) is 7.65. The Kier molecular flexibility index (Phi) is 6.85.